The number of aromatic nitrogens is 2. The van der Waals surface area contributed by atoms with E-state index in [0.717, 1.165) is 16.7 Å². The van der Waals surface area contributed by atoms with Crippen LogP contribution in [0.4, 0.5) is 17.2 Å². The van der Waals surface area contributed by atoms with Crippen LogP contribution in [0.25, 0.3) is 11.1 Å². The molecule has 0 spiro atoms. The van der Waals surface area contributed by atoms with Gasteiger partial charge in [-0.25, -0.2) is 4.98 Å². The van der Waals surface area contributed by atoms with Gasteiger partial charge >= 0.3 is 5.97 Å². The minimum Gasteiger partial charge on any atom is -0.461 e. The Balaban J connectivity index is 1.39. The molecular formula is C29H26BrN5O4. The summed E-state index contributed by atoms with van der Waals surface area (Å²) in [4.78, 5) is 46.1. The van der Waals surface area contributed by atoms with Gasteiger partial charge < -0.3 is 20.3 Å². The number of carbonyl (C=O) groups is 3. The minimum absolute atomic E-state index is 0.0479. The molecule has 0 saturated carbocycles. The first-order valence-corrected chi connectivity index (χ1v) is 12.7. The highest BCUT2D eigenvalue weighted by atomic mass is 79.9. The average Bonchev–Trinajstić information content (AvgIpc) is 2.92. The van der Waals surface area contributed by atoms with Gasteiger partial charge in [0.15, 0.2) is 0 Å². The van der Waals surface area contributed by atoms with Crippen molar-refractivity contribution in [1.82, 2.24) is 14.9 Å². The molecule has 2 N–H and O–H groups in total. The number of carbonyl (C=O) groups excluding carboxylic acids is 3. The highest BCUT2D eigenvalue weighted by Gasteiger charge is 2.11. The Morgan fingerprint density at radius 1 is 0.872 bits per heavy atom. The van der Waals surface area contributed by atoms with Gasteiger partial charge in [0, 0.05) is 53.9 Å². The number of halogens is 1. The van der Waals surface area contributed by atoms with E-state index in [4.69, 9.17) is 4.74 Å². The minimum atomic E-state index is -0.375. The maximum absolute atomic E-state index is 12.8. The number of ether oxygens (including phenoxy) is 1. The molecule has 0 fully saturated rings. The molecule has 0 radical (unpaired) electrons. The Labute approximate surface area is 234 Å². The first-order valence-electron chi connectivity index (χ1n) is 11.9. The molecule has 4 rings (SSSR count). The fourth-order valence-electron chi connectivity index (χ4n) is 3.61. The maximum atomic E-state index is 12.8. The van der Waals surface area contributed by atoms with E-state index in [1.807, 2.05) is 24.3 Å². The zero-order valence-electron chi connectivity index (χ0n) is 21.6. The Hall–Kier alpha value is -4.57. The summed E-state index contributed by atoms with van der Waals surface area (Å²) in [6.07, 6.45) is 4.92. The second-order valence-corrected chi connectivity index (χ2v) is 9.69. The lowest BCUT2D eigenvalue weighted by atomic mass is 10.1. The molecule has 0 unspecified atom stereocenters. The molecule has 0 bridgehead atoms. The van der Waals surface area contributed by atoms with Crippen LogP contribution in [0.3, 0.4) is 0 Å². The third-order valence-corrected chi connectivity index (χ3v) is 6.39. The van der Waals surface area contributed by atoms with Crippen molar-refractivity contribution in [1.29, 1.82) is 0 Å². The number of rotatable bonds is 8. The Morgan fingerprint density at radius 2 is 1.56 bits per heavy atom. The van der Waals surface area contributed by atoms with Crippen LogP contribution >= 0.6 is 15.9 Å². The van der Waals surface area contributed by atoms with Crippen molar-refractivity contribution in [2.24, 2.45) is 0 Å². The first-order chi connectivity index (χ1) is 18.7. The van der Waals surface area contributed by atoms with E-state index in [1.54, 1.807) is 69.1 Å². The molecule has 198 valence electrons. The fourth-order valence-corrected chi connectivity index (χ4v) is 4.11. The van der Waals surface area contributed by atoms with E-state index in [2.05, 4.69) is 36.5 Å². The topological polar surface area (TPSA) is 114 Å². The summed E-state index contributed by atoms with van der Waals surface area (Å²) >= 11 is 3.42. The van der Waals surface area contributed by atoms with Crippen molar-refractivity contribution < 1.29 is 19.1 Å². The molecule has 9 nitrogen and oxygen atoms in total. The van der Waals surface area contributed by atoms with E-state index in [9.17, 15) is 14.4 Å². The molecule has 2 aromatic heterocycles. The van der Waals surface area contributed by atoms with Crippen LogP contribution in [0.15, 0.2) is 83.7 Å². The number of benzene rings is 2. The van der Waals surface area contributed by atoms with E-state index in [1.165, 1.54) is 11.8 Å². The van der Waals surface area contributed by atoms with Gasteiger partial charge in [-0.1, -0.05) is 34.1 Å². The van der Waals surface area contributed by atoms with Crippen LogP contribution < -0.4 is 10.6 Å². The lowest BCUT2D eigenvalue weighted by Gasteiger charge is -2.11. The zero-order chi connectivity index (χ0) is 27.9. The standard InChI is InChI=1S/C29H26BrN5O4/c1-18(36)39-17-23-9-8-21(12-26(23)30)28(37)34-25-13-24(15-31-16-25)33-27-11-10-22(14-32-27)19-4-6-20(7-5-19)29(38)35(2)3/h4-16H,17H2,1-3H3,(H,32,33)(H,34,37). The fraction of sp³-hybridized carbons (Fsp3) is 0.138. The van der Waals surface area contributed by atoms with Gasteiger partial charge in [-0.3, -0.25) is 19.4 Å². The molecule has 0 aliphatic heterocycles. The summed E-state index contributed by atoms with van der Waals surface area (Å²) in [5.74, 6) is -0.126. The SMILES string of the molecule is CC(=O)OCc1ccc(C(=O)Nc2cncc(Nc3ccc(-c4ccc(C(=O)N(C)C)cc4)cn3)c2)cc1Br. The van der Waals surface area contributed by atoms with Crippen molar-refractivity contribution in [2.45, 2.75) is 13.5 Å². The van der Waals surface area contributed by atoms with Gasteiger partial charge in [-0.15, -0.1) is 0 Å². The quantitative estimate of drug-likeness (QED) is 0.255. The molecule has 0 aliphatic rings. The first kappa shape index (κ1) is 27.5. The average molecular weight is 588 g/mol. The van der Waals surface area contributed by atoms with Gasteiger partial charge in [0.2, 0.25) is 0 Å². The van der Waals surface area contributed by atoms with Crippen LogP contribution in [-0.2, 0) is 16.1 Å². The van der Waals surface area contributed by atoms with E-state index in [-0.39, 0.29) is 24.4 Å². The predicted octanol–water partition coefficient (Wildman–Crippen LogP) is 5.67. The molecule has 2 aromatic carbocycles. The number of esters is 1. The molecule has 4 aromatic rings. The molecule has 2 heterocycles. The number of hydrogen-bond donors (Lipinski definition) is 2. The van der Waals surface area contributed by atoms with Gasteiger partial charge in [0.05, 0.1) is 23.8 Å². The van der Waals surface area contributed by atoms with Gasteiger partial charge in [-0.05, 0) is 48.0 Å². The van der Waals surface area contributed by atoms with Gasteiger partial charge in [0.1, 0.15) is 12.4 Å². The van der Waals surface area contributed by atoms with Crippen molar-refractivity contribution >= 4 is 50.9 Å². The molecule has 0 aliphatic carbocycles. The second kappa shape index (κ2) is 12.3. The van der Waals surface area contributed by atoms with Crippen molar-refractivity contribution in [3.05, 3.63) is 100 Å². The summed E-state index contributed by atoms with van der Waals surface area (Å²) in [5.41, 5.74) is 4.83. The Morgan fingerprint density at radius 3 is 2.21 bits per heavy atom. The molecule has 10 heteroatoms. The van der Waals surface area contributed by atoms with E-state index < -0.39 is 0 Å². The second-order valence-electron chi connectivity index (χ2n) is 8.84. The van der Waals surface area contributed by atoms with Crippen molar-refractivity contribution in [3.63, 3.8) is 0 Å². The summed E-state index contributed by atoms with van der Waals surface area (Å²) < 4.78 is 5.68. The highest BCUT2D eigenvalue weighted by Crippen LogP contribution is 2.24. The number of hydrogen-bond acceptors (Lipinski definition) is 7. The smallest absolute Gasteiger partial charge is 0.302 e. The lowest BCUT2D eigenvalue weighted by molar-refractivity contribution is -0.142. The van der Waals surface area contributed by atoms with E-state index >= 15 is 0 Å². The number of amides is 2. The third kappa shape index (κ3) is 7.26. The number of nitrogens with one attached hydrogen (secondary N) is 2. The Kier molecular flexibility index (Phi) is 8.67. The van der Waals surface area contributed by atoms with Crippen molar-refractivity contribution in [2.75, 3.05) is 24.7 Å². The number of anilines is 3. The van der Waals surface area contributed by atoms with Gasteiger partial charge in [-0.2, -0.15) is 0 Å². The largest absolute Gasteiger partial charge is 0.461 e. The molecule has 0 atom stereocenters. The molecule has 0 saturated heterocycles. The molecule has 39 heavy (non-hydrogen) atoms. The summed E-state index contributed by atoms with van der Waals surface area (Å²) in [6, 6.07) is 18.0. The van der Waals surface area contributed by atoms with Crippen LogP contribution in [0.2, 0.25) is 0 Å². The monoisotopic (exact) mass is 587 g/mol. The van der Waals surface area contributed by atoms with Crippen molar-refractivity contribution in [3.8, 4) is 11.1 Å². The van der Waals surface area contributed by atoms with Crippen LogP contribution in [0.1, 0.15) is 33.2 Å². The lowest BCUT2D eigenvalue weighted by Crippen LogP contribution is -2.21. The number of nitrogens with zero attached hydrogens (tertiary/aromatic N) is 3. The number of pyridine rings is 2. The normalized spacial score (nSPS) is 10.5. The third-order valence-electron chi connectivity index (χ3n) is 5.65. The zero-order valence-corrected chi connectivity index (χ0v) is 23.2. The van der Waals surface area contributed by atoms with Crippen LogP contribution in [0, 0.1) is 0 Å². The van der Waals surface area contributed by atoms with Crippen LogP contribution in [-0.4, -0.2) is 46.7 Å². The summed E-state index contributed by atoms with van der Waals surface area (Å²) in [5, 5.41) is 6.02. The summed E-state index contributed by atoms with van der Waals surface area (Å²) in [7, 11) is 3.44. The van der Waals surface area contributed by atoms with Gasteiger partial charge in [0.25, 0.3) is 11.8 Å². The molecule has 2 amide bonds. The van der Waals surface area contributed by atoms with Crippen LogP contribution in [0.5, 0.6) is 0 Å². The predicted molar refractivity (Wildman–Crippen MR) is 153 cm³/mol. The summed E-state index contributed by atoms with van der Waals surface area (Å²) in [6.45, 7) is 1.46. The maximum Gasteiger partial charge on any atom is 0.302 e. The van der Waals surface area contributed by atoms with E-state index in [0.29, 0.717) is 32.8 Å². The Bertz CT molecular complexity index is 1510. The molecular weight excluding hydrogens is 562 g/mol. The highest BCUT2D eigenvalue weighted by molar-refractivity contribution is 9.10.